The molecule has 0 aliphatic rings. The summed E-state index contributed by atoms with van der Waals surface area (Å²) in [6, 6.07) is 0. The Bertz CT molecular complexity index is 111. The van der Waals surface area contributed by atoms with E-state index in [2.05, 4.69) is 0 Å². The quantitative estimate of drug-likeness (QED) is 0.227. The molecule has 0 aromatic carbocycles. The van der Waals surface area contributed by atoms with Crippen molar-refractivity contribution in [2.24, 2.45) is 0 Å². The first-order valence-electron chi connectivity index (χ1n) is 1.41. The third-order valence-corrected chi connectivity index (χ3v) is 0. The molecule has 0 spiro atoms. The van der Waals surface area contributed by atoms with Gasteiger partial charge in [-0.2, -0.15) is 0 Å². The monoisotopic (exact) mass is 202 g/mol. The number of hydrogen-bond acceptors (Lipinski definition) is 3. The molecule has 0 heterocycles. The summed E-state index contributed by atoms with van der Waals surface area (Å²) >= 11 is 0. The van der Waals surface area contributed by atoms with E-state index in [9.17, 15) is 0 Å². The van der Waals surface area contributed by atoms with Crippen molar-refractivity contribution in [3.05, 3.63) is 0 Å². The van der Waals surface area contributed by atoms with Gasteiger partial charge in [0, 0.05) is 0 Å². The van der Waals surface area contributed by atoms with Gasteiger partial charge in [0.1, 0.15) is 8.25 Å². The van der Waals surface area contributed by atoms with Crippen LogP contribution in [0, 0.1) is 0 Å². The molecule has 0 aliphatic heterocycles. The summed E-state index contributed by atoms with van der Waals surface area (Å²) in [7, 11) is -8.02. The van der Waals surface area contributed by atoms with E-state index in [0.717, 1.165) is 0 Å². The van der Waals surface area contributed by atoms with Crippen LogP contribution in [0.4, 0.5) is 0 Å². The minimum absolute atomic E-state index is 0. The van der Waals surface area contributed by atoms with Crippen LogP contribution in [0.15, 0.2) is 0 Å². The fourth-order valence-corrected chi connectivity index (χ4v) is 0. The molecular weight excluding hydrogens is 197 g/mol. The average molecular weight is 202 g/mol. The average Bonchev–Trinajstić information content (AvgIpc) is 1.19. The summed E-state index contributed by atoms with van der Waals surface area (Å²) in [6.45, 7) is 0. The summed E-state index contributed by atoms with van der Waals surface area (Å²) in [5.41, 5.74) is 0. The van der Waals surface area contributed by atoms with Crippen LogP contribution >= 0.6 is 16.1 Å². The molecule has 1 unspecified atom stereocenters. The van der Waals surface area contributed by atoms with Crippen molar-refractivity contribution in [3.8, 4) is 0 Å². The van der Waals surface area contributed by atoms with E-state index < -0.39 is 16.1 Å². The van der Waals surface area contributed by atoms with Gasteiger partial charge in [-0.05, 0) is 0 Å². The van der Waals surface area contributed by atoms with Crippen molar-refractivity contribution in [1.82, 2.24) is 0 Å². The van der Waals surface area contributed by atoms with Crippen LogP contribution in [0.3, 0.4) is 0 Å². The maximum Gasteiger partial charge on any atom is 1.00 e. The fraction of sp³-hybridized carbons (Fsp3) is 0. The fourth-order valence-electron chi connectivity index (χ4n) is 0. The van der Waals surface area contributed by atoms with Gasteiger partial charge in [-0.15, -0.1) is 0 Å². The second kappa shape index (κ2) is 8.36. The number of rotatable bonds is 0. The standard InChI is InChI=1S/Na.H3O4P.H3O3P/c;1-5(2,3)4;1-4(2)3/h;(H3,1,2,3,4);4H,(H2,1,2,3)/q+1;;/p-1. The van der Waals surface area contributed by atoms with E-state index >= 15 is 0 Å². The van der Waals surface area contributed by atoms with Gasteiger partial charge in [0.2, 0.25) is 0 Å². The zero-order valence-electron chi connectivity index (χ0n) is 4.96. The zero-order chi connectivity index (χ0) is 8.08. The largest absolute Gasteiger partial charge is 1.00 e. The maximum absolute atomic E-state index is 8.88. The van der Waals surface area contributed by atoms with Crippen molar-refractivity contribution in [2.75, 3.05) is 0 Å². The number of hydrogen-bond donors (Lipinski definition) is 4. The van der Waals surface area contributed by atoms with Crippen molar-refractivity contribution >= 4 is 16.1 Å². The van der Waals surface area contributed by atoms with Gasteiger partial charge in [0.15, 0.2) is 0 Å². The smallest absolute Gasteiger partial charge is 0.781 e. The molecule has 0 saturated heterocycles. The maximum atomic E-state index is 8.88. The first-order valence-corrected chi connectivity index (χ1v) is 4.24. The zero-order valence-corrected chi connectivity index (χ0v) is 8.86. The van der Waals surface area contributed by atoms with E-state index in [1.165, 1.54) is 0 Å². The minimum Gasteiger partial charge on any atom is -0.781 e. The molecule has 0 fully saturated rings. The Kier molecular flexibility index (Phi) is 14.5. The van der Waals surface area contributed by atoms with Crippen molar-refractivity contribution in [1.29, 1.82) is 0 Å². The van der Waals surface area contributed by atoms with Gasteiger partial charge < -0.3 is 29.0 Å². The Morgan fingerprint density at radius 2 is 1.30 bits per heavy atom. The summed E-state index contributed by atoms with van der Waals surface area (Å²) in [5, 5.41) is 0. The predicted octanol–water partition coefficient (Wildman–Crippen LogP) is -5.20. The Morgan fingerprint density at radius 1 is 1.30 bits per heavy atom. The summed E-state index contributed by atoms with van der Waals surface area (Å²) < 4.78 is 17.5. The summed E-state index contributed by atoms with van der Waals surface area (Å²) in [6.07, 6.45) is 0. The predicted molar refractivity (Wildman–Crippen MR) is 25.5 cm³/mol. The van der Waals surface area contributed by atoms with Crippen molar-refractivity contribution < 1.29 is 63.2 Å². The topological polar surface area (TPSA) is 138 Å². The molecular formula is H5NaO7P2. The summed E-state index contributed by atoms with van der Waals surface area (Å²) in [4.78, 5) is 37.2. The van der Waals surface area contributed by atoms with Crippen LogP contribution in [-0.4, -0.2) is 19.6 Å². The molecule has 0 aromatic rings. The molecule has 0 saturated carbocycles. The molecule has 0 radical (unpaired) electrons. The van der Waals surface area contributed by atoms with Crippen LogP contribution in [0.5, 0.6) is 0 Å². The van der Waals surface area contributed by atoms with E-state index in [4.69, 9.17) is 33.6 Å². The second-order valence-corrected chi connectivity index (χ2v) is 2.34. The molecule has 7 nitrogen and oxygen atoms in total. The molecule has 0 bridgehead atoms. The van der Waals surface area contributed by atoms with E-state index in [1.807, 2.05) is 0 Å². The minimum atomic E-state index is -4.64. The first-order chi connectivity index (χ1) is 3.73. The third-order valence-electron chi connectivity index (χ3n) is 0. The van der Waals surface area contributed by atoms with E-state index in [1.54, 1.807) is 0 Å². The summed E-state index contributed by atoms with van der Waals surface area (Å²) in [5.74, 6) is 0. The van der Waals surface area contributed by atoms with Crippen LogP contribution in [0.2, 0.25) is 0 Å². The van der Waals surface area contributed by atoms with E-state index in [-0.39, 0.29) is 29.6 Å². The second-order valence-electron chi connectivity index (χ2n) is 0.779. The molecule has 1 atom stereocenters. The molecule has 58 valence electrons. The van der Waals surface area contributed by atoms with Gasteiger partial charge in [-0.3, -0.25) is 0 Å². The Labute approximate surface area is 79.2 Å². The molecule has 0 aliphatic carbocycles. The van der Waals surface area contributed by atoms with Crippen LogP contribution in [0.1, 0.15) is 0 Å². The van der Waals surface area contributed by atoms with Gasteiger partial charge in [0.25, 0.3) is 0 Å². The normalized spacial score (nSPS) is 12.1. The number of phosphoric acid groups is 1. The molecule has 10 heavy (non-hydrogen) atoms. The molecule has 0 aromatic heterocycles. The van der Waals surface area contributed by atoms with Gasteiger partial charge in [-0.1, -0.05) is 0 Å². The van der Waals surface area contributed by atoms with Crippen molar-refractivity contribution in [2.45, 2.75) is 0 Å². The van der Waals surface area contributed by atoms with Crippen LogP contribution in [0.25, 0.3) is 0 Å². The van der Waals surface area contributed by atoms with Crippen molar-refractivity contribution in [3.63, 3.8) is 0 Å². The Balaban J connectivity index is -0.0000000910. The molecule has 10 heteroatoms. The van der Waals surface area contributed by atoms with Crippen LogP contribution < -0.4 is 34.5 Å². The van der Waals surface area contributed by atoms with Crippen LogP contribution in [-0.2, 0) is 9.13 Å². The Morgan fingerprint density at radius 3 is 1.30 bits per heavy atom. The molecule has 4 N–H and O–H groups in total. The SMILES string of the molecule is O=P(O)(O)O.O=[PH]([O-])O.[Na+]. The third kappa shape index (κ3) is 398. The van der Waals surface area contributed by atoms with E-state index in [0.29, 0.717) is 0 Å². The molecule has 0 rings (SSSR count). The first kappa shape index (κ1) is 17.4. The van der Waals surface area contributed by atoms with Gasteiger partial charge in [-0.25, -0.2) is 4.57 Å². The van der Waals surface area contributed by atoms with Gasteiger partial charge in [0.05, 0.1) is 0 Å². The Hall–Kier alpha value is 1.26. The molecule has 0 amide bonds. The van der Waals surface area contributed by atoms with Gasteiger partial charge >= 0.3 is 37.4 Å².